The summed E-state index contributed by atoms with van der Waals surface area (Å²) >= 11 is 1.35. The third kappa shape index (κ3) is 8.74. The van der Waals surface area contributed by atoms with E-state index in [1.807, 2.05) is 36.6 Å². The summed E-state index contributed by atoms with van der Waals surface area (Å²) in [5, 5.41) is 13.7. The molecule has 1 heterocycles. The van der Waals surface area contributed by atoms with Gasteiger partial charge in [0.25, 0.3) is 0 Å². The minimum atomic E-state index is -4.38. The molecule has 0 N–H and O–H groups in total. The Bertz CT molecular complexity index is 853. The molecule has 3 rings (SSSR count). The zero-order chi connectivity index (χ0) is 20.3. The van der Waals surface area contributed by atoms with Crippen molar-refractivity contribution in [1.29, 1.82) is 5.26 Å². The van der Waals surface area contributed by atoms with E-state index in [0.717, 1.165) is 17.7 Å². The molecule has 8 heteroatoms. The Morgan fingerprint density at radius 3 is 2.22 bits per heavy atom. The Morgan fingerprint density at radius 2 is 1.81 bits per heavy atom. The number of hydrogen-bond donors (Lipinski definition) is 0. The molecule has 3 aromatic rings. The third-order valence-electron chi connectivity index (χ3n) is 3.06. The topological polar surface area (TPSA) is 66.6 Å². The van der Waals surface area contributed by atoms with Gasteiger partial charge >= 0.3 is 6.18 Å². The lowest BCUT2D eigenvalue weighted by molar-refractivity contribution is -0.137. The highest BCUT2D eigenvalue weighted by Gasteiger charge is 2.30. The summed E-state index contributed by atoms with van der Waals surface area (Å²) in [6, 6.07) is 13.9. The average molecular weight is 391 g/mol. The normalized spacial score (nSPS) is 9.78. The summed E-state index contributed by atoms with van der Waals surface area (Å²) in [6.45, 7) is 3.23. The number of rotatable bonds is 1. The number of aryl methyl sites for hydroxylation is 1. The van der Waals surface area contributed by atoms with E-state index in [9.17, 15) is 18.0 Å². The molecule has 140 valence electrons. The summed E-state index contributed by atoms with van der Waals surface area (Å²) in [4.78, 5) is 10.8. The van der Waals surface area contributed by atoms with Crippen LogP contribution in [0, 0.1) is 18.3 Å². The van der Waals surface area contributed by atoms with Gasteiger partial charge in [0.1, 0.15) is 0 Å². The highest BCUT2D eigenvalue weighted by Crippen LogP contribution is 2.29. The minimum absolute atomic E-state index is 0.0785. The number of Topliss-reactive ketones (excluding diaryl/α,β-unsaturated/α-hetero) is 1. The summed E-state index contributed by atoms with van der Waals surface area (Å²) < 4.78 is 39.9. The van der Waals surface area contributed by atoms with Gasteiger partial charge in [0, 0.05) is 10.9 Å². The van der Waals surface area contributed by atoms with Crippen molar-refractivity contribution >= 4 is 17.3 Å². The molecule has 0 amide bonds. The first-order chi connectivity index (χ1) is 12.7. The fourth-order valence-electron chi connectivity index (χ4n) is 1.68. The molecule has 0 aliphatic heterocycles. The average Bonchev–Trinajstić information content (AvgIpc) is 3.22. The smallest absolute Gasteiger partial charge is 0.295 e. The number of nitriles is 1. The van der Waals surface area contributed by atoms with Crippen LogP contribution in [-0.2, 0) is 6.18 Å². The Labute approximate surface area is 159 Å². The summed E-state index contributed by atoms with van der Waals surface area (Å²) in [6.07, 6.45) is -2.73. The van der Waals surface area contributed by atoms with Gasteiger partial charge < -0.3 is 0 Å². The number of ketones is 1. The minimum Gasteiger partial charge on any atom is -0.295 e. The van der Waals surface area contributed by atoms with Crippen LogP contribution in [0.25, 0.3) is 0 Å². The lowest BCUT2D eigenvalue weighted by Gasteiger charge is -2.06. The van der Waals surface area contributed by atoms with Crippen molar-refractivity contribution in [2.24, 2.45) is 0 Å². The standard InChI is InChI=1S/C9H7F3O.C8H7N.C2H2N2S/c1-6(13)7-3-2-4-8(5-7)9(10,11)12;1-7-2-4-8(6-9)5-3-7;1-2-5-4-3-1/h2-5H,1H3;2-5H,1H3;1-2H. The molecule has 4 nitrogen and oxygen atoms in total. The monoisotopic (exact) mass is 391 g/mol. The van der Waals surface area contributed by atoms with Crippen LogP contribution in [0.1, 0.15) is 34.0 Å². The van der Waals surface area contributed by atoms with Gasteiger partial charge in [0.05, 0.1) is 23.4 Å². The van der Waals surface area contributed by atoms with Crippen LogP contribution in [-0.4, -0.2) is 15.4 Å². The zero-order valence-electron chi connectivity index (χ0n) is 14.6. The number of halogens is 3. The molecular weight excluding hydrogens is 375 g/mol. The first-order valence-corrected chi connectivity index (χ1v) is 8.43. The van der Waals surface area contributed by atoms with Crippen molar-refractivity contribution < 1.29 is 18.0 Å². The first-order valence-electron chi connectivity index (χ1n) is 7.60. The van der Waals surface area contributed by atoms with Crippen LogP contribution in [0.4, 0.5) is 13.2 Å². The van der Waals surface area contributed by atoms with Gasteiger partial charge in [-0.3, -0.25) is 4.79 Å². The van der Waals surface area contributed by atoms with Crippen LogP contribution >= 0.6 is 11.5 Å². The van der Waals surface area contributed by atoms with E-state index in [4.69, 9.17) is 5.26 Å². The number of nitrogens with zero attached hydrogens (tertiary/aromatic N) is 3. The molecule has 0 aliphatic rings. The number of carbonyl (C=O) groups is 1. The fraction of sp³-hybridized carbons (Fsp3) is 0.158. The van der Waals surface area contributed by atoms with Crippen molar-refractivity contribution in [3.8, 4) is 6.07 Å². The van der Waals surface area contributed by atoms with E-state index in [0.29, 0.717) is 0 Å². The number of carbonyl (C=O) groups excluding carboxylic acids is 1. The van der Waals surface area contributed by atoms with Crippen LogP contribution in [0.3, 0.4) is 0 Å². The van der Waals surface area contributed by atoms with Crippen molar-refractivity contribution in [3.63, 3.8) is 0 Å². The molecular formula is C19H16F3N3OS. The van der Waals surface area contributed by atoms with Crippen LogP contribution in [0.5, 0.6) is 0 Å². The maximum atomic E-state index is 12.1. The van der Waals surface area contributed by atoms with Crippen molar-refractivity contribution in [2.75, 3.05) is 0 Å². The van der Waals surface area contributed by atoms with Gasteiger partial charge in [-0.25, -0.2) is 0 Å². The van der Waals surface area contributed by atoms with Crippen molar-refractivity contribution in [2.45, 2.75) is 20.0 Å². The molecule has 0 bridgehead atoms. The highest BCUT2D eigenvalue weighted by atomic mass is 32.1. The predicted octanol–water partition coefficient (Wildman–Crippen LogP) is 5.31. The van der Waals surface area contributed by atoms with Crippen molar-refractivity contribution in [3.05, 3.63) is 82.4 Å². The van der Waals surface area contributed by atoms with E-state index in [-0.39, 0.29) is 11.3 Å². The lowest BCUT2D eigenvalue weighted by atomic mass is 10.1. The molecule has 2 aromatic carbocycles. The summed E-state index contributed by atoms with van der Waals surface area (Å²) in [5.41, 5.74) is 1.20. The Balaban J connectivity index is 0.000000224. The van der Waals surface area contributed by atoms with Crippen LogP contribution in [0.15, 0.2) is 60.1 Å². The zero-order valence-corrected chi connectivity index (χ0v) is 15.4. The molecule has 0 saturated heterocycles. The second-order valence-corrected chi connectivity index (χ2v) is 5.85. The summed E-state index contributed by atoms with van der Waals surface area (Å²) in [5.74, 6) is -0.369. The molecule has 0 radical (unpaired) electrons. The Hall–Kier alpha value is -3.05. The van der Waals surface area contributed by atoms with E-state index in [2.05, 4.69) is 15.7 Å². The Morgan fingerprint density at radius 1 is 1.15 bits per heavy atom. The SMILES string of the molecule is CC(=O)c1cccc(C(F)(F)F)c1.Cc1ccc(C#N)cc1.c1csnn1. The molecule has 0 unspecified atom stereocenters. The molecule has 27 heavy (non-hydrogen) atoms. The number of benzene rings is 2. The van der Waals surface area contributed by atoms with E-state index >= 15 is 0 Å². The third-order valence-corrected chi connectivity index (χ3v) is 3.49. The van der Waals surface area contributed by atoms with Gasteiger partial charge in [0.15, 0.2) is 5.78 Å². The largest absolute Gasteiger partial charge is 0.416 e. The van der Waals surface area contributed by atoms with E-state index in [1.54, 1.807) is 6.20 Å². The maximum absolute atomic E-state index is 12.1. The molecule has 0 spiro atoms. The predicted molar refractivity (Wildman–Crippen MR) is 97.3 cm³/mol. The van der Waals surface area contributed by atoms with Crippen LogP contribution in [0.2, 0.25) is 0 Å². The lowest BCUT2D eigenvalue weighted by Crippen LogP contribution is -2.06. The first kappa shape index (κ1) is 22.0. The quantitative estimate of drug-likeness (QED) is 0.527. The van der Waals surface area contributed by atoms with Gasteiger partial charge in [-0.1, -0.05) is 34.3 Å². The van der Waals surface area contributed by atoms with Crippen LogP contribution < -0.4 is 0 Å². The Kier molecular flexibility index (Phi) is 8.82. The highest BCUT2D eigenvalue weighted by molar-refractivity contribution is 7.03. The molecule has 0 aliphatic carbocycles. The fourth-order valence-corrected chi connectivity index (χ4v) is 1.95. The molecule has 0 saturated carbocycles. The molecule has 1 aromatic heterocycles. The van der Waals surface area contributed by atoms with Crippen molar-refractivity contribution in [1.82, 2.24) is 9.59 Å². The van der Waals surface area contributed by atoms with Gasteiger partial charge in [-0.15, -0.1) is 5.10 Å². The van der Waals surface area contributed by atoms with E-state index in [1.165, 1.54) is 36.2 Å². The maximum Gasteiger partial charge on any atom is 0.416 e. The molecule has 0 fully saturated rings. The molecule has 0 atom stereocenters. The number of hydrogen-bond acceptors (Lipinski definition) is 5. The summed E-state index contributed by atoms with van der Waals surface area (Å²) in [7, 11) is 0. The number of aromatic nitrogens is 2. The van der Waals surface area contributed by atoms with Gasteiger partial charge in [-0.05, 0) is 49.6 Å². The number of alkyl halides is 3. The second-order valence-electron chi connectivity index (χ2n) is 5.20. The van der Waals surface area contributed by atoms with E-state index < -0.39 is 11.7 Å². The van der Waals surface area contributed by atoms with Gasteiger partial charge in [0.2, 0.25) is 0 Å². The van der Waals surface area contributed by atoms with Gasteiger partial charge in [-0.2, -0.15) is 18.4 Å². The second kappa shape index (κ2) is 10.8.